The first kappa shape index (κ1) is 32.9. The molecule has 0 spiro atoms. The number of primary amides is 1. The van der Waals surface area contributed by atoms with Crippen LogP contribution in [0.2, 0.25) is 5.02 Å². The van der Waals surface area contributed by atoms with E-state index in [2.05, 4.69) is 17.6 Å². The molecule has 0 saturated carbocycles. The number of halogens is 1. The number of urea groups is 1. The second-order valence-electron chi connectivity index (χ2n) is 12.0. The molecule has 4 N–H and O–H groups in total. The number of fused-ring (bicyclic) bond motifs is 1. The Balaban J connectivity index is 1.29. The van der Waals surface area contributed by atoms with Crippen molar-refractivity contribution in [3.63, 3.8) is 0 Å². The summed E-state index contributed by atoms with van der Waals surface area (Å²) in [5, 5.41) is 6.97. The van der Waals surface area contributed by atoms with Crippen LogP contribution in [0.3, 0.4) is 0 Å². The Bertz CT molecular complexity index is 1500. The van der Waals surface area contributed by atoms with Gasteiger partial charge in [0.05, 0.1) is 6.54 Å². The van der Waals surface area contributed by atoms with Crippen LogP contribution < -0.4 is 25.8 Å². The third kappa shape index (κ3) is 9.06. The third-order valence-corrected chi connectivity index (χ3v) is 8.93. The molecular formula is C35H42ClN5O5. The number of hydrogen-bond donors (Lipinski definition) is 3. The number of carbonyl (C=O) groups excluding carboxylic acids is 3. The number of hydrogen-bond acceptors (Lipinski definition) is 6. The first-order valence-electron chi connectivity index (χ1n) is 15.8. The number of piperidine rings is 1. The molecule has 4 amide bonds. The molecule has 1 saturated heterocycles. The van der Waals surface area contributed by atoms with E-state index in [0.717, 1.165) is 22.6 Å². The maximum atomic E-state index is 14.0. The monoisotopic (exact) mass is 647 g/mol. The van der Waals surface area contributed by atoms with Gasteiger partial charge in [0.2, 0.25) is 18.6 Å². The van der Waals surface area contributed by atoms with Crippen molar-refractivity contribution in [3.05, 3.63) is 88.9 Å². The molecule has 1 unspecified atom stereocenters. The van der Waals surface area contributed by atoms with Crippen molar-refractivity contribution in [3.8, 4) is 11.5 Å². The van der Waals surface area contributed by atoms with Crippen LogP contribution in [0.25, 0.3) is 0 Å². The lowest BCUT2D eigenvalue weighted by Gasteiger charge is -2.36. The average molecular weight is 648 g/mol. The van der Waals surface area contributed by atoms with Crippen LogP contribution in [0.1, 0.15) is 30.9 Å². The smallest absolute Gasteiger partial charge is 0.314 e. The third-order valence-electron chi connectivity index (χ3n) is 8.69. The number of likely N-dealkylation sites (tertiary alicyclic amines) is 1. The molecule has 46 heavy (non-hydrogen) atoms. The summed E-state index contributed by atoms with van der Waals surface area (Å²) in [5.74, 6) is 1.06. The fraction of sp³-hybridized carbons (Fsp3) is 0.400. The first-order valence-corrected chi connectivity index (χ1v) is 16.2. The van der Waals surface area contributed by atoms with Gasteiger partial charge in [-0.1, -0.05) is 61.0 Å². The molecule has 2 aliphatic heterocycles. The van der Waals surface area contributed by atoms with Crippen molar-refractivity contribution >= 4 is 35.1 Å². The molecule has 0 bridgehead atoms. The molecule has 2 heterocycles. The van der Waals surface area contributed by atoms with Crippen molar-refractivity contribution in [2.45, 2.75) is 38.6 Å². The summed E-state index contributed by atoms with van der Waals surface area (Å²) in [6, 6.07) is 22.5. The van der Waals surface area contributed by atoms with Gasteiger partial charge < -0.3 is 35.6 Å². The summed E-state index contributed by atoms with van der Waals surface area (Å²) in [6.45, 7) is 4.25. The molecule has 244 valence electrons. The van der Waals surface area contributed by atoms with Crippen molar-refractivity contribution in [1.29, 1.82) is 0 Å². The van der Waals surface area contributed by atoms with Crippen LogP contribution in [0.15, 0.2) is 72.8 Å². The fourth-order valence-electron chi connectivity index (χ4n) is 6.03. The highest BCUT2D eigenvalue weighted by Crippen LogP contribution is 2.33. The fourth-order valence-corrected chi connectivity index (χ4v) is 6.22. The maximum absolute atomic E-state index is 14.0. The summed E-state index contributed by atoms with van der Waals surface area (Å²) in [5.41, 5.74) is 8.39. The van der Waals surface area contributed by atoms with E-state index in [9.17, 15) is 14.4 Å². The molecule has 11 heteroatoms. The van der Waals surface area contributed by atoms with Gasteiger partial charge in [-0.05, 0) is 73.1 Å². The number of benzene rings is 3. The normalized spacial score (nSPS) is 15.6. The number of ether oxygens (including phenoxy) is 2. The molecule has 1 fully saturated rings. The Morgan fingerprint density at radius 2 is 1.74 bits per heavy atom. The lowest BCUT2D eigenvalue weighted by molar-refractivity contribution is -0.137. The minimum absolute atomic E-state index is 0.0594. The van der Waals surface area contributed by atoms with E-state index in [4.69, 9.17) is 26.8 Å². The average Bonchev–Trinajstić information content (AvgIpc) is 3.54. The Kier molecular flexibility index (Phi) is 11.3. The number of nitrogens with two attached hydrogens (primary N) is 1. The van der Waals surface area contributed by atoms with Crippen LogP contribution >= 0.6 is 11.6 Å². The molecule has 0 aromatic heterocycles. The van der Waals surface area contributed by atoms with E-state index < -0.39 is 6.03 Å². The van der Waals surface area contributed by atoms with E-state index in [0.29, 0.717) is 62.6 Å². The summed E-state index contributed by atoms with van der Waals surface area (Å²) >= 11 is 6.11. The van der Waals surface area contributed by atoms with Crippen LogP contribution in [-0.4, -0.2) is 73.2 Å². The predicted octanol–water partition coefficient (Wildman–Crippen LogP) is 4.71. The van der Waals surface area contributed by atoms with Gasteiger partial charge in [-0.3, -0.25) is 9.59 Å². The number of nitrogens with one attached hydrogen (secondary N) is 2. The van der Waals surface area contributed by atoms with Gasteiger partial charge in [-0.2, -0.15) is 0 Å². The Hall–Kier alpha value is -4.44. The minimum atomic E-state index is -0.455. The molecular weight excluding hydrogens is 606 g/mol. The molecule has 3 aromatic rings. The van der Waals surface area contributed by atoms with Gasteiger partial charge in [-0.15, -0.1) is 0 Å². The quantitative estimate of drug-likeness (QED) is 0.247. The van der Waals surface area contributed by atoms with Gasteiger partial charge in [-0.25, -0.2) is 4.79 Å². The lowest BCUT2D eigenvalue weighted by Crippen LogP contribution is -2.50. The zero-order valence-electron chi connectivity index (χ0n) is 26.1. The van der Waals surface area contributed by atoms with Crippen molar-refractivity contribution in [1.82, 2.24) is 15.1 Å². The summed E-state index contributed by atoms with van der Waals surface area (Å²) in [6.07, 6.45) is 2.38. The highest BCUT2D eigenvalue weighted by atomic mass is 35.5. The van der Waals surface area contributed by atoms with Crippen LogP contribution in [0, 0.1) is 11.8 Å². The zero-order valence-corrected chi connectivity index (χ0v) is 26.9. The minimum Gasteiger partial charge on any atom is -0.454 e. The summed E-state index contributed by atoms with van der Waals surface area (Å²) < 4.78 is 11.0. The summed E-state index contributed by atoms with van der Waals surface area (Å²) in [4.78, 5) is 42.5. The van der Waals surface area contributed by atoms with E-state index in [-0.39, 0.29) is 43.0 Å². The first-order chi connectivity index (χ1) is 22.2. The van der Waals surface area contributed by atoms with E-state index in [1.165, 1.54) is 0 Å². The number of nitrogens with zero attached hydrogens (tertiary/aromatic N) is 2. The highest BCUT2D eigenvalue weighted by Gasteiger charge is 2.32. The predicted molar refractivity (Wildman–Crippen MR) is 178 cm³/mol. The second kappa shape index (κ2) is 15.7. The van der Waals surface area contributed by atoms with Crippen LogP contribution in [0.4, 0.5) is 10.5 Å². The molecule has 0 aliphatic carbocycles. The molecule has 10 nitrogen and oxygen atoms in total. The van der Waals surface area contributed by atoms with Gasteiger partial charge in [0.15, 0.2) is 11.5 Å². The van der Waals surface area contributed by atoms with Crippen molar-refractivity contribution in [2.75, 3.05) is 44.8 Å². The Morgan fingerprint density at radius 1 is 0.978 bits per heavy atom. The molecule has 2 atom stereocenters. The SMILES string of the molecule is CC(CN(CCc1ccc2c(c1)OCO2)C(=O)C1CCN(C(N)=O)CC1)[C@H](Cc1ccccc1)NC(=O)CNc1cccc(Cl)c1. The Labute approximate surface area is 275 Å². The lowest BCUT2D eigenvalue weighted by atomic mass is 9.92. The Morgan fingerprint density at radius 3 is 2.48 bits per heavy atom. The number of anilines is 1. The number of rotatable bonds is 13. The maximum Gasteiger partial charge on any atom is 0.314 e. The number of carbonyl (C=O) groups is 3. The second-order valence-corrected chi connectivity index (χ2v) is 12.5. The standard InChI is InChI=1S/C35H42ClN5O5/c1-24(30(18-25-6-3-2-4-7-25)39-33(42)21-38-29-9-5-8-28(36)20-29)22-41(34(43)27-13-16-40(17-14-27)35(37)44)15-12-26-10-11-31-32(19-26)46-23-45-31/h2-11,19-20,24,27,30,38H,12-18,21-23H2,1H3,(H2,37,44)(H,39,42)/t24?,30-/m0/s1. The highest BCUT2D eigenvalue weighted by molar-refractivity contribution is 6.30. The number of amides is 4. The summed E-state index contributed by atoms with van der Waals surface area (Å²) in [7, 11) is 0. The van der Waals surface area contributed by atoms with Crippen molar-refractivity contribution < 1.29 is 23.9 Å². The zero-order chi connectivity index (χ0) is 32.5. The molecule has 2 aliphatic rings. The van der Waals surface area contributed by atoms with Gasteiger partial charge >= 0.3 is 6.03 Å². The van der Waals surface area contributed by atoms with Gasteiger partial charge in [0.25, 0.3) is 0 Å². The van der Waals surface area contributed by atoms with Crippen molar-refractivity contribution in [2.24, 2.45) is 17.6 Å². The van der Waals surface area contributed by atoms with E-state index >= 15 is 0 Å². The molecule has 5 rings (SSSR count). The van der Waals surface area contributed by atoms with E-state index in [1.54, 1.807) is 17.0 Å². The van der Waals surface area contributed by atoms with Gasteiger partial charge in [0.1, 0.15) is 0 Å². The molecule has 0 radical (unpaired) electrons. The van der Waals surface area contributed by atoms with Gasteiger partial charge in [0, 0.05) is 48.8 Å². The van der Waals surface area contributed by atoms with E-state index in [1.807, 2.05) is 65.6 Å². The topological polar surface area (TPSA) is 126 Å². The molecule has 3 aromatic carbocycles. The van der Waals surface area contributed by atoms with Crippen LogP contribution in [0.5, 0.6) is 11.5 Å². The van der Waals surface area contributed by atoms with Crippen LogP contribution in [-0.2, 0) is 22.4 Å². The largest absolute Gasteiger partial charge is 0.454 e.